The first-order chi connectivity index (χ1) is 27.8. The molecule has 0 saturated heterocycles. The van der Waals surface area contributed by atoms with E-state index in [0.717, 1.165) is 50.1 Å². The van der Waals surface area contributed by atoms with E-state index in [1.165, 1.54) is 54.6 Å². The van der Waals surface area contributed by atoms with Crippen molar-refractivity contribution >= 4 is 71.3 Å². The summed E-state index contributed by atoms with van der Waals surface area (Å²) in [6.45, 7) is 0. The average Bonchev–Trinajstić information content (AvgIpc) is 3.65. The Balaban J connectivity index is 1.05. The highest BCUT2D eigenvalue weighted by Crippen LogP contribution is 2.44. The Labute approximate surface area is 325 Å². The van der Waals surface area contributed by atoms with Gasteiger partial charge in [0.25, 0.3) is 0 Å². The van der Waals surface area contributed by atoms with Crippen molar-refractivity contribution in [2.24, 2.45) is 0 Å². The van der Waals surface area contributed by atoms with E-state index < -0.39 is 0 Å². The van der Waals surface area contributed by atoms with E-state index in [1.54, 1.807) is 0 Å². The normalized spacial score (nSPS) is 11.6. The smallest absolute Gasteiger partial charge is 0.136 e. The zero-order valence-corrected chi connectivity index (χ0v) is 30.6. The molecule has 2 nitrogen and oxygen atoms in total. The molecule has 0 aliphatic carbocycles. The van der Waals surface area contributed by atoms with Crippen molar-refractivity contribution in [1.29, 1.82) is 0 Å². The van der Waals surface area contributed by atoms with Crippen LogP contribution in [0.25, 0.3) is 87.6 Å². The number of nitrogens with zero attached hydrogens (tertiary/aromatic N) is 1. The van der Waals surface area contributed by atoms with E-state index in [9.17, 15) is 0 Å². The standard InChI is InChI=1S/C54H35NO/c1-3-15-43-37(12-1)14-11-21-46(43)48-19-7-9-22-52(48)55(41-29-24-36(25-30-41)39-28-33-50-49-20-8-10-23-53(49)56-54(50)35-39)42-31-26-38(27-32-42)51-34-40-13-2-4-16-44(40)45-17-5-6-18-47(45)51/h1-35H. The first kappa shape index (κ1) is 32.0. The van der Waals surface area contributed by atoms with Crippen LogP contribution in [0.1, 0.15) is 0 Å². The van der Waals surface area contributed by atoms with Gasteiger partial charge in [0.2, 0.25) is 0 Å². The topological polar surface area (TPSA) is 16.4 Å². The first-order valence-corrected chi connectivity index (χ1v) is 19.2. The zero-order chi connectivity index (χ0) is 37.0. The minimum atomic E-state index is 0.901. The van der Waals surface area contributed by atoms with E-state index in [0.29, 0.717) is 0 Å². The lowest BCUT2D eigenvalue weighted by atomic mass is 9.93. The number of hydrogen-bond donors (Lipinski definition) is 0. The number of fused-ring (bicyclic) bond motifs is 7. The van der Waals surface area contributed by atoms with Crippen LogP contribution in [-0.4, -0.2) is 0 Å². The van der Waals surface area contributed by atoms with Gasteiger partial charge in [-0.1, -0.05) is 158 Å². The highest BCUT2D eigenvalue weighted by atomic mass is 16.3. The van der Waals surface area contributed by atoms with Gasteiger partial charge in [-0.2, -0.15) is 0 Å². The molecule has 0 fully saturated rings. The Hall–Kier alpha value is -7.42. The summed E-state index contributed by atoms with van der Waals surface area (Å²) < 4.78 is 6.26. The second-order valence-corrected chi connectivity index (χ2v) is 14.5. The van der Waals surface area contributed by atoms with Crippen LogP contribution in [0.2, 0.25) is 0 Å². The second kappa shape index (κ2) is 13.2. The fraction of sp³-hybridized carbons (Fsp3) is 0. The van der Waals surface area contributed by atoms with Crippen LogP contribution in [0.15, 0.2) is 217 Å². The maximum absolute atomic E-state index is 6.26. The lowest BCUT2D eigenvalue weighted by Gasteiger charge is -2.28. The molecule has 1 heterocycles. The second-order valence-electron chi connectivity index (χ2n) is 14.5. The van der Waals surface area contributed by atoms with Crippen LogP contribution in [-0.2, 0) is 0 Å². The fourth-order valence-corrected chi connectivity index (χ4v) is 8.58. The Kier molecular flexibility index (Phi) is 7.53. The van der Waals surface area contributed by atoms with E-state index in [2.05, 4.69) is 205 Å². The van der Waals surface area contributed by atoms with Crippen LogP contribution in [0.4, 0.5) is 17.1 Å². The molecule has 0 amide bonds. The molecule has 262 valence electrons. The van der Waals surface area contributed by atoms with Crippen molar-refractivity contribution in [2.45, 2.75) is 0 Å². The van der Waals surface area contributed by atoms with Crippen molar-refractivity contribution in [3.63, 3.8) is 0 Å². The predicted molar refractivity (Wildman–Crippen MR) is 237 cm³/mol. The molecule has 1 aromatic heterocycles. The van der Waals surface area contributed by atoms with Crippen molar-refractivity contribution < 1.29 is 4.42 Å². The number of para-hydroxylation sites is 2. The minimum Gasteiger partial charge on any atom is -0.456 e. The Bertz CT molecular complexity index is 3240. The third kappa shape index (κ3) is 5.34. The highest BCUT2D eigenvalue weighted by molar-refractivity contribution is 6.14. The number of anilines is 3. The van der Waals surface area contributed by atoms with Gasteiger partial charge < -0.3 is 9.32 Å². The molecule has 0 N–H and O–H groups in total. The molecule has 0 aliphatic rings. The average molecular weight is 714 g/mol. The molecule has 0 bridgehead atoms. The molecule has 56 heavy (non-hydrogen) atoms. The predicted octanol–water partition coefficient (Wildman–Crippen LogP) is 15.5. The molecule has 2 heteroatoms. The Morgan fingerprint density at radius 1 is 0.286 bits per heavy atom. The molecule has 0 saturated carbocycles. The van der Waals surface area contributed by atoms with Crippen molar-refractivity contribution in [1.82, 2.24) is 0 Å². The van der Waals surface area contributed by atoms with Crippen LogP contribution in [0.5, 0.6) is 0 Å². The zero-order valence-electron chi connectivity index (χ0n) is 30.6. The first-order valence-electron chi connectivity index (χ1n) is 19.2. The van der Waals surface area contributed by atoms with Crippen LogP contribution < -0.4 is 4.90 Å². The number of rotatable bonds is 6. The summed E-state index contributed by atoms with van der Waals surface area (Å²) in [5.41, 5.74) is 12.2. The summed E-state index contributed by atoms with van der Waals surface area (Å²) in [6.07, 6.45) is 0. The Morgan fingerprint density at radius 2 is 0.839 bits per heavy atom. The highest BCUT2D eigenvalue weighted by Gasteiger charge is 2.19. The maximum atomic E-state index is 6.26. The molecule has 0 spiro atoms. The lowest BCUT2D eigenvalue weighted by Crippen LogP contribution is -2.11. The summed E-state index contributed by atoms with van der Waals surface area (Å²) in [7, 11) is 0. The molecular weight excluding hydrogens is 679 g/mol. The van der Waals surface area contributed by atoms with E-state index in [-0.39, 0.29) is 0 Å². The molecule has 0 atom stereocenters. The van der Waals surface area contributed by atoms with Gasteiger partial charge in [-0.25, -0.2) is 0 Å². The summed E-state index contributed by atoms with van der Waals surface area (Å²) in [4.78, 5) is 2.39. The number of benzene rings is 10. The number of furan rings is 1. The third-order valence-electron chi connectivity index (χ3n) is 11.3. The summed E-state index contributed by atoms with van der Waals surface area (Å²) in [5, 5.41) is 9.79. The van der Waals surface area contributed by atoms with Crippen molar-refractivity contribution in [3.05, 3.63) is 212 Å². The van der Waals surface area contributed by atoms with E-state index in [1.807, 2.05) is 12.1 Å². The van der Waals surface area contributed by atoms with Crippen LogP contribution >= 0.6 is 0 Å². The molecule has 11 rings (SSSR count). The van der Waals surface area contributed by atoms with Crippen LogP contribution in [0, 0.1) is 0 Å². The minimum absolute atomic E-state index is 0.901. The summed E-state index contributed by atoms with van der Waals surface area (Å²) in [6, 6.07) is 76.6. The van der Waals surface area contributed by atoms with Crippen molar-refractivity contribution in [3.8, 4) is 33.4 Å². The summed E-state index contributed by atoms with van der Waals surface area (Å²) >= 11 is 0. The van der Waals surface area contributed by atoms with E-state index in [4.69, 9.17) is 4.42 Å². The molecule has 0 aliphatic heterocycles. The van der Waals surface area contributed by atoms with E-state index >= 15 is 0 Å². The monoisotopic (exact) mass is 713 g/mol. The molecule has 0 radical (unpaired) electrons. The quantitative estimate of drug-likeness (QED) is 0.160. The van der Waals surface area contributed by atoms with Crippen molar-refractivity contribution in [2.75, 3.05) is 4.90 Å². The van der Waals surface area contributed by atoms with Gasteiger partial charge in [0.1, 0.15) is 11.2 Å². The third-order valence-corrected chi connectivity index (χ3v) is 11.3. The van der Waals surface area contributed by atoms with Gasteiger partial charge in [-0.05, 0) is 115 Å². The fourth-order valence-electron chi connectivity index (χ4n) is 8.58. The Morgan fingerprint density at radius 3 is 1.64 bits per heavy atom. The van der Waals surface area contributed by atoms with Gasteiger partial charge >= 0.3 is 0 Å². The van der Waals surface area contributed by atoms with Gasteiger partial charge in [0.05, 0.1) is 5.69 Å². The lowest BCUT2D eigenvalue weighted by molar-refractivity contribution is 0.669. The molecule has 11 aromatic rings. The molecule has 10 aromatic carbocycles. The largest absolute Gasteiger partial charge is 0.456 e. The van der Waals surface area contributed by atoms with Crippen LogP contribution in [0.3, 0.4) is 0 Å². The van der Waals surface area contributed by atoms with Gasteiger partial charge in [-0.15, -0.1) is 0 Å². The molecule has 0 unspecified atom stereocenters. The molecular formula is C54H35NO. The van der Waals surface area contributed by atoms with Gasteiger partial charge in [0.15, 0.2) is 0 Å². The van der Waals surface area contributed by atoms with Gasteiger partial charge in [-0.3, -0.25) is 0 Å². The SMILES string of the molecule is c1ccc(N(c2ccc(-c3ccc4c(c3)oc3ccccc34)cc2)c2ccc(-c3cc4ccccc4c4ccccc34)cc2)c(-c2cccc3ccccc23)c1. The summed E-state index contributed by atoms with van der Waals surface area (Å²) in [5.74, 6) is 0. The van der Waals surface area contributed by atoms with Gasteiger partial charge in [0, 0.05) is 27.7 Å². The maximum Gasteiger partial charge on any atom is 0.136 e. The number of hydrogen-bond acceptors (Lipinski definition) is 2.